The molecule has 140 valence electrons. The lowest BCUT2D eigenvalue weighted by Crippen LogP contribution is -2.15. The third kappa shape index (κ3) is 5.14. The summed E-state index contributed by atoms with van der Waals surface area (Å²) in [5, 5.41) is 3.83. The zero-order chi connectivity index (χ0) is 19.2. The number of benzene rings is 2. The van der Waals surface area contributed by atoms with Crippen molar-refractivity contribution in [3.05, 3.63) is 66.0 Å². The van der Waals surface area contributed by atoms with E-state index in [0.29, 0.717) is 13.0 Å². The Kier molecular flexibility index (Phi) is 6.19. The normalized spacial score (nSPS) is 10.6. The molecule has 0 aliphatic heterocycles. The van der Waals surface area contributed by atoms with Gasteiger partial charge in [-0.05, 0) is 55.3 Å². The number of hydrogen-bond donors (Lipinski definition) is 1. The molecule has 2 aromatic carbocycles. The van der Waals surface area contributed by atoms with Crippen molar-refractivity contribution in [3.63, 3.8) is 0 Å². The zero-order valence-corrected chi connectivity index (χ0v) is 16.5. The van der Waals surface area contributed by atoms with Gasteiger partial charge in [-0.25, -0.2) is 4.98 Å². The lowest BCUT2D eigenvalue weighted by Gasteiger charge is -2.11. The summed E-state index contributed by atoms with van der Waals surface area (Å²) < 4.78 is 7.71. The van der Waals surface area contributed by atoms with Crippen LogP contribution in [0.25, 0.3) is 0 Å². The van der Waals surface area contributed by atoms with Crippen LogP contribution in [0.2, 0.25) is 0 Å². The van der Waals surface area contributed by atoms with E-state index in [1.807, 2.05) is 74.1 Å². The summed E-state index contributed by atoms with van der Waals surface area (Å²) in [6, 6.07) is 13.7. The van der Waals surface area contributed by atoms with Crippen LogP contribution >= 0.6 is 11.8 Å². The number of amides is 1. The second-order valence-electron chi connectivity index (χ2n) is 6.29. The van der Waals surface area contributed by atoms with Crippen molar-refractivity contribution in [2.24, 2.45) is 7.05 Å². The summed E-state index contributed by atoms with van der Waals surface area (Å²) in [5.41, 5.74) is 3.06. The molecule has 0 saturated carbocycles. The SMILES string of the molecule is Cc1cccc(OCCC(=O)Nc2ccc(Sc3nccn3C)cc2)c1C. The van der Waals surface area contributed by atoms with Crippen molar-refractivity contribution in [2.75, 3.05) is 11.9 Å². The van der Waals surface area contributed by atoms with Gasteiger partial charge in [0, 0.05) is 30.0 Å². The number of carbonyl (C=O) groups excluding carboxylic acids is 1. The molecule has 0 radical (unpaired) electrons. The number of anilines is 1. The first-order chi connectivity index (χ1) is 13.0. The van der Waals surface area contributed by atoms with Crippen LogP contribution < -0.4 is 10.1 Å². The van der Waals surface area contributed by atoms with Gasteiger partial charge in [0.25, 0.3) is 0 Å². The third-order valence-electron chi connectivity index (χ3n) is 4.27. The fourth-order valence-electron chi connectivity index (χ4n) is 2.52. The van der Waals surface area contributed by atoms with E-state index in [1.165, 1.54) is 5.56 Å². The van der Waals surface area contributed by atoms with Gasteiger partial charge in [-0.15, -0.1) is 0 Å². The van der Waals surface area contributed by atoms with Gasteiger partial charge < -0.3 is 14.6 Å². The first kappa shape index (κ1) is 19.0. The fourth-order valence-corrected chi connectivity index (χ4v) is 3.32. The average molecular weight is 382 g/mol. The number of nitrogens with one attached hydrogen (secondary N) is 1. The minimum absolute atomic E-state index is 0.0650. The van der Waals surface area contributed by atoms with Crippen LogP contribution in [-0.2, 0) is 11.8 Å². The van der Waals surface area contributed by atoms with Crippen LogP contribution in [0.5, 0.6) is 5.75 Å². The molecule has 6 heteroatoms. The fraction of sp³-hybridized carbons (Fsp3) is 0.238. The summed E-state index contributed by atoms with van der Waals surface area (Å²) in [6.07, 6.45) is 3.99. The monoisotopic (exact) mass is 381 g/mol. The van der Waals surface area contributed by atoms with Gasteiger partial charge in [0.1, 0.15) is 5.75 Å². The quantitative estimate of drug-likeness (QED) is 0.650. The first-order valence-electron chi connectivity index (χ1n) is 8.77. The molecule has 0 aliphatic carbocycles. The maximum Gasteiger partial charge on any atom is 0.227 e. The Morgan fingerprint density at radius 3 is 2.67 bits per heavy atom. The van der Waals surface area contributed by atoms with Crippen LogP contribution in [0.1, 0.15) is 17.5 Å². The smallest absolute Gasteiger partial charge is 0.227 e. The van der Waals surface area contributed by atoms with E-state index in [0.717, 1.165) is 27.1 Å². The van der Waals surface area contributed by atoms with Gasteiger partial charge >= 0.3 is 0 Å². The zero-order valence-electron chi connectivity index (χ0n) is 15.7. The summed E-state index contributed by atoms with van der Waals surface area (Å²) in [5.74, 6) is 0.767. The Morgan fingerprint density at radius 1 is 1.19 bits per heavy atom. The summed E-state index contributed by atoms with van der Waals surface area (Å²) in [6.45, 7) is 4.42. The number of rotatable bonds is 7. The average Bonchev–Trinajstić information content (AvgIpc) is 3.05. The highest BCUT2D eigenvalue weighted by atomic mass is 32.2. The number of carbonyl (C=O) groups is 1. The lowest BCUT2D eigenvalue weighted by atomic mass is 10.1. The lowest BCUT2D eigenvalue weighted by molar-refractivity contribution is -0.116. The molecule has 0 aliphatic rings. The molecule has 5 nitrogen and oxygen atoms in total. The maximum absolute atomic E-state index is 12.1. The van der Waals surface area contributed by atoms with E-state index >= 15 is 0 Å². The largest absolute Gasteiger partial charge is 0.493 e. The van der Waals surface area contributed by atoms with Crippen LogP contribution in [0.15, 0.2) is 64.9 Å². The Bertz CT molecular complexity index is 919. The number of ether oxygens (including phenoxy) is 1. The molecular weight excluding hydrogens is 358 g/mol. The van der Waals surface area contributed by atoms with Crippen molar-refractivity contribution >= 4 is 23.4 Å². The predicted molar refractivity (Wildman–Crippen MR) is 108 cm³/mol. The van der Waals surface area contributed by atoms with Crippen LogP contribution in [0.3, 0.4) is 0 Å². The third-order valence-corrected chi connectivity index (χ3v) is 5.35. The van der Waals surface area contributed by atoms with Gasteiger partial charge in [-0.2, -0.15) is 0 Å². The molecule has 0 bridgehead atoms. The van der Waals surface area contributed by atoms with E-state index in [9.17, 15) is 4.79 Å². The van der Waals surface area contributed by atoms with Crippen molar-refractivity contribution in [3.8, 4) is 5.75 Å². The van der Waals surface area contributed by atoms with Crippen molar-refractivity contribution in [1.82, 2.24) is 9.55 Å². The van der Waals surface area contributed by atoms with E-state index < -0.39 is 0 Å². The number of hydrogen-bond acceptors (Lipinski definition) is 4. The number of imidazole rings is 1. The molecule has 27 heavy (non-hydrogen) atoms. The Hall–Kier alpha value is -2.73. The Labute approximate surface area is 163 Å². The van der Waals surface area contributed by atoms with E-state index in [-0.39, 0.29) is 5.91 Å². The van der Waals surface area contributed by atoms with Gasteiger partial charge in [0.2, 0.25) is 5.91 Å². The van der Waals surface area contributed by atoms with Crippen LogP contribution in [0, 0.1) is 13.8 Å². The molecule has 1 aromatic heterocycles. The molecule has 0 spiro atoms. The second-order valence-corrected chi connectivity index (χ2v) is 7.33. The molecule has 1 N–H and O–H groups in total. The molecule has 0 unspecified atom stereocenters. The molecule has 1 heterocycles. The number of nitrogens with zero attached hydrogens (tertiary/aromatic N) is 2. The Balaban J connectivity index is 1.48. The van der Waals surface area contributed by atoms with Crippen LogP contribution in [-0.4, -0.2) is 22.1 Å². The first-order valence-corrected chi connectivity index (χ1v) is 9.58. The number of aryl methyl sites for hydroxylation is 2. The van der Waals surface area contributed by atoms with Gasteiger partial charge in [-0.1, -0.05) is 23.9 Å². The summed E-state index contributed by atoms with van der Waals surface area (Å²) in [4.78, 5) is 17.5. The minimum Gasteiger partial charge on any atom is -0.493 e. The van der Waals surface area contributed by atoms with Crippen molar-refractivity contribution in [2.45, 2.75) is 30.3 Å². The van der Waals surface area contributed by atoms with E-state index in [2.05, 4.69) is 10.3 Å². The maximum atomic E-state index is 12.1. The highest BCUT2D eigenvalue weighted by molar-refractivity contribution is 7.99. The molecule has 3 aromatic rings. The molecule has 3 rings (SSSR count). The Morgan fingerprint density at radius 2 is 1.96 bits per heavy atom. The minimum atomic E-state index is -0.0650. The van der Waals surface area contributed by atoms with E-state index in [1.54, 1.807) is 18.0 Å². The van der Waals surface area contributed by atoms with Gasteiger partial charge in [0.15, 0.2) is 5.16 Å². The second kappa shape index (κ2) is 8.77. The molecule has 1 amide bonds. The summed E-state index contributed by atoms with van der Waals surface area (Å²) >= 11 is 1.58. The predicted octanol–water partition coefficient (Wildman–Crippen LogP) is 4.60. The molecule has 0 fully saturated rings. The highest BCUT2D eigenvalue weighted by Crippen LogP contribution is 2.26. The molecule has 0 saturated heterocycles. The van der Waals surface area contributed by atoms with Crippen molar-refractivity contribution < 1.29 is 9.53 Å². The molecular formula is C21H23N3O2S. The topological polar surface area (TPSA) is 56.1 Å². The summed E-state index contributed by atoms with van der Waals surface area (Å²) in [7, 11) is 1.96. The van der Waals surface area contributed by atoms with Gasteiger partial charge in [0.05, 0.1) is 13.0 Å². The number of aromatic nitrogens is 2. The van der Waals surface area contributed by atoms with Crippen molar-refractivity contribution in [1.29, 1.82) is 0 Å². The van der Waals surface area contributed by atoms with Crippen LogP contribution in [0.4, 0.5) is 5.69 Å². The highest BCUT2D eigenvalue weighted by Gasteiger charge is 2.07. The van der Waals surface area contributed by atoms with E-state index in [4.69, 9.17) is 4.74 Å². The van der Waals surface area contributed by atoms with Gasteiger partial charge in [-0.3, -0.25) is 4.79 Å². The standard InChI is InChI=1S/C21H23N3O2S/c1-15-5-4-6-19(16(15)2)26-14-11-20(25)23-17-7-9-18(10-8-17)27-21-22-12-13-24(21)3/h4-10,12-13H,11,14H2,1-3H3,(H,23,25). The molecule has 0 atom stereocenters.